The van der Waals surface area contributed by atoms with Gasteiger partial charge in [0, 0.05) is 132 Å². The van der Waals surface area contributed by atoms with Gasteiger partial charge in [0.25, 0.3) is 0 Å². The molecule has 11 nitrogen and oxygen atoms in total. The summed E-state index contributed by atoms with van der Waals surface area (Å²) in [5.41, 5.74) is 0. The molecule has 2 rings (SSSR count). The smallest absolute Gasteiger partial charge is 0.0931 e. The molecule has 2 atom stereocenters. The standard InChI is InChI=1S/C24H54N8O3/c1-33-23(19-31-15-11-27-7-3-25-4-8-28-12-16-31)21-35-22-24(34-2)20-32-17-13-29-9-5-26-6-10-30-14-18-32/h23-30H,3-22H2,1-2H3. The molecule has 2 fully saturated rings. The Labute approximate surface area is 213 Å². The van der Waals surface area contributed by atoms with E-state index in [0.717, 1.165) is 118 Å². The summed E-state index contributed by atoms with van der Waals surface area (Å²) in [5.74, 6) is 0. The zero-order chi connectivity index (χ0) is 24.8. The summed E-state index contributed by atoms with van der Waals surface area (Å²) in [5, 5.41) is 21.0. The maximum absolute atomic E-state index is 6.11. The molecule has 0 radical (unpaired) electrons. The molecule has 35 heavy (non-hydrogen) atoms. The molecule has 2 saturated heterocycles. The highest BCUT2D eigenvalue weighted by atomic mass is 16.5. The lowest BCUT2D eigenvalue weighted by atomic mass is 10.3. The van der Waals surface area contributed by atoms with Crippen molar-refractivity contribution >= 4 is 0 Å². The van der Waals surface area contributed by atoms with Crippen LogP contribution < -0.4 is 31.9 Å². The summed E-state index contributed by atoms with van der Waals surface area (Å²) < 4.78 is 17.7. The number of nitrogens with one attached hydrogen (secondary N) is 6. The van der Waals surface area contributed by atoms with Crippen LogP contribution in [0.3, 0.4) is 0 Å². The monoisotopic (exact) mass is 502 g/mol. The maximum Gasteiger partial charge on any atom is 0.0931 e. The average molecular weight is 503 g/mol. The number of methoxy groups -OCH3 is 2. The predicted octanol–water partition coefficient (Wildman–Crippen LogP) is -2.80. The van der Waals surface area contributed by atoms with Crippen molar-refractivity contribution in [2.24, 2.45) is 0 Å². The van der Waals surface area contributed by atoms with Gasteiger partial charge < -0.3 is 46.1 Å². The molecule has 0 aromatic heterocycles. The molecule has 11 heteroatoms. The molecule has 6 N–H and O–H groups in total. The molecule has 0 aromatic rings. The second-order valence-electron chi connectivity index (χ2n) is 9.35. The van der Waals surface area contributed by atoms with Crippen LogP contribution in [0, 0.1) is 0 Å². The van der Waals surface area contributed by atoms with E-state index >= 15 is 0 Å². The first-order chi connectivity index (χ1) is 17.3. The van der Waals surface area contributed by atoms with E-state index in [0.29, 0.717) is 13.2 Å². The van der Waals surface area contributed by atoms with E-state index in [-0.39, 0.29) is 12.2 Å². The Morgan fingerprint density at radius 3 is 1.06 bits per heavy atom. The summed E-state index contributed by atoms with van der Waals surface area (Å²) in [4.78, 5) is 4.93. The van der Waals surface area contributed by atoms with Gasteiger partial charge in [-0.15, -0.1) is 0 Å². The Morgan fingerprint density at radius 1 is 0.486 bits per heavy atom. The lowest BCUT2D eigenvalue weighted by Gasteiger charge is -2.29. The fourth-order valence-corrected chi connectivity index (χ4v) is 4.29. The van der Waals surface area contributed by atoms with Gasteiger partial charge >= 0.3 is 0 Å². The van der Waals surface area contributed by atoms with Crippen molar-refractivity contribution in [1.29, 1.82) is 0 Å². The van der Waals surface area contributed by atoms with Crippen LogP contribution in [-0.4, -0.2) is 167 Å². The van der Waals surface area contributed by atoms with Gasteiger partial charge in [-0.1, -0.05) is 0 Å². The van der Waals surface area contributed by atoms with Gasteiger partial charge in [0.2, 0.25) is 0 Å². The van der Waals surface area contributed by atoms with E-state index in [1.165, 1.54) is 0 Å². The molecule has 0 amide bonds. The van der Waals surface area contributed by atoms with Crippen LogP contribution in [0.5, 0.6) is 0 Å². The number of nitrogens with zero attached hydrogens (tertiary/aromatic N) is 2. The van der Waals surface area contributed by atoms with Crippen molar-refractivity contribution < 1.29 is 14.2 Å². The Hall–Kier alpha value is -0.440. The van der Waals surface area contributed by atoms with Gasteiger partial charge in [-0.25, -0.2) is 0 Å². The summed E-state index contributed by atoms with van der Waals surface area (Å²) in [6, 6.07) is 0. The molecular formula is C24H54N8O3. The van der Waals surface area contributed by atoms with E-state index in [1.54, 1.807) is 14.2 Å². The van der Waals surface area contributed by atoms with Crippen molar-refractivity contribution in [3.63, 3.8) is 0 Å². The molecule has 2 aliphatic rings. The van der Waals surface area contributed by atoms with Crippen LogP contribution in [0.15, 0.2) is 0 Å². The van der Waals surface area contributed by atoms with Gasteiger partial charge in [-0.2, -0.15) is 0 Å². The van der Waals surface area contributed by atoms with Crippen LogP contribution in [0.25, 0.3) is 0 Å². The third-order valence-electron chi connectivity index (χ3n) is 6.53. The molecule has 0 spiro atoms. The zero-order valence-corrected chi connectivity index (χ0v) is 22.4. The molecule has 2 unspecified atom stereocenters. The lowest BCUT2D eigenvalue weighted by Crippen LogP contribution is -2.46. The zero-order valence-electron chi connectivity index (χ0n) is 22.4. The first-order valence-corrected chi connectivity index (χ1v) is 13.6. The molecule has 0 saturated carbocycles. The summed E-state index contributed by atoms with van der Waals surface area (Å²) >= 11 is 0. The van der Waals surface area contributed by atoms with Gasteiger partial charge in [0.05, 0.1) is 25.4 Å². The van der Waals surface area contributed by atoms with Gasteiger partial charge in [0.15, 0.2) is 0 Å². The number of ether oxygens (including phenoxy) is 3. The largest absolute Gasteiger partial charge is 0.378 e. The third-order valence-corrected chi connectivity index (χ3v) is 6.53. The summed E-state index contributed by atoms with van der Waals surface area (Å²) in [7, 11) is 3.57. The van der Waals surface area contributed by atoms with Crippen LogP contribution in [0.1, 0.15) is 0 Å². The second kappa shape index (κ2) is 21.6. The number of hydrogen-bond donors (Lipinski definition) is 6. The molecule has 0 bridgehead atoms. The highest BCUT2D eigenvalue weighted by Gasteiger charge is 2.18. The second-order valence-corrected chi connectivity index (χ2v) is 9.35. The van der Waals surface area contributed by atoms with E-state index in [1.807, 2.05) is 0 Å². The average Bonchev–Trinajstić information content (AvgIpc) is 2.85. The first kappa shape index (κ1) is 30.8. The Balaban J connectivity index is 1.71. The van der Waals surface area contributed by atoms with Crippen molar-refractivity contribution in [1.82, 2.24) is 41.7 Å². The van der Waals surface area contributed by atoms with Crippen LogP contribution >= 0.6 is 0 Å². The van der Waals surface area contributed by atoms with Gasteiger partial charge in [-0.3, -0.25) is 9.80 Å². The maximum atomic E-state index is 6.11. The van der Waals surface area contributed by atoms with E-state index < -0.39 is 0 Å². The normalized spacial score (nSPS) is 23.8. The molecular weight excluding hydrogens is 448 g/mol. The van der Waals surface area contributed by atoms with Crippen LogP contribution in [0.2, 0.25) is 0 Å². The van der Waals surface area contributed by atoms with Gasteiger partial charge in [-0.05, 0) is 0 Å². The lowest BCUT2D eigenvalue weighted by molar-refractivity contribution is -0.0504. The Kier molecular flexibility index (Phi) is 19.0. The van der Waals surface area contributed by atoms with Crippen LogP contribution in [-0.2, 0) is 14.2 Å². The molecule has 0 aliphatic carbocycles. The SMILES string of the molecule is COC(COCC(CN1CCNCCNCCNCC1)OC)CN1CCNCCNCCNCC1. The predicted molar refractivity (Wildman–Crippen MR) is 143 cm³/mol. The van der Waals surface area contributed by atoms with Crippen molar-refractivity contribution in [3.05, 3.63) is 0 Å². The topological polar surface area (TPSA) is 106 Å². The summed E-state index contributed by atoms with van der Waals surface area (Å²) in [6.07, 6.45) is 0.0940. The minimum Gasteiger partial charge on any atom is -0.378 e. The van der Waals surface area contributed by atoms with Gasteiger partial charge in [0.1, 0.15) is 0 Å². The molecule has 2 aliphatic heterocycles. The number of rotatable bonds is 10. The van der Waals surface area contributed by atoms with Crippen molar-refractivity contribution in [2.45, 2.75) is 12.2 Å². The Morgan fingerprint density at radius 2 is 0.771 bits per heavy atom. The van der Waals surface area contributed by atoms with E-state index in [9.17, 15) is 0 Å². The Bertz CT molecular complexity index is 416. The minimum absolute atomic E-state index is 0.0470. The van der Waals surface area contributed by atoms with Crippen LogP contribution in [0.4, 0.5) is 0 Å². The fourth-order valence-electron chi connectivity index (χ4n) is 4.29. The highest BCUT2D eigenvalue weighted by molar-refractivity contribution is 4.72. The van der Waals surface area contributed by atoms with E-state index in [2.05, 4.69) is 41.7 Å². The molecule has 2 heterocycles. The van der Waals surface area contributed by atoms with Crippen molar-refractivity contribution in [2.75, 3.05) is 145 Å². The van der Waals surface area contributed by atoms with E-state index in [4.69, 9.17) is 14.2 Å². The van der Waals surface area contributed by atoms with Crippen molar-refractivity contribution in [3.8, 4) is 0 Å². The molecule has 208 valence electrons. The third kappa shape index (κ3) is 16.1. The summed E-state index contributed by atoms with van der Waals surface area (Å²) in [6.45, 7) is 18.9. The highest BCUT2D eigenvalue weighted by Crippen LogP contribution is 2.02. The quantitative estimate of drug-likeness (QED) is 0.187. The number of hydrogen-bond acceptors (Lipinski definition) is 11. The first-order valence-electron chi connectivity index (χ1n) is 13.6. The fraction of sp³-hybridized carbons (Fsp3) is 1.00. The molecule has 0 aromatic carbocycles. The minimum atomic E-state index is 0.0470.